The first-order chi connectivity index (χ1) is 12.3. The predicted octanol–water partition coefficient (Wildman–Crippen LogP) is 3.87. The molecule has 0 aliphatic rings. The number of aromatic nitrogens is 3. The van der Waals surface area contributed by atoms with Gasteiger partial charge in [-0.25, -0.2) is 4.68 Å². The summed E-state index contributed by atoms with van der Waals surface area (Å²) in [5.41, 5.74) is 6.44. The van der Waals surface area contributed by atoms with Crippen molar-refractivity contribution in [2.75, 3.05) is 12.0 Å². The molecule has 0 spiro atoms. The molecule has 0 atom stereocenters. The molecule has 0 saturated heterocycles. The maximum absolute atomic E-state index is 9.40. The van der Waals surface area contributed by atoms with E-state index in [-0.39, 0.29) is 0 Å². The number of rotatable bonds is 7. The third kappa shape index (κ3) is 4.15. The van der Waals surface area contributed by atoms with Crippen LogP contribution in [0.1, 0.15) is 25.3 Å². The zero-order valence-electron chi connectivity index (χ0n) is 14.0. The van der Waals surface area contributed by atoms with Gasteiger partial charge in [-0.05, 0) is 42.3 Å². The van der Waals surface area contributed by atoms with Crippen LogP contribution in [0.4, 0.5) is 5.69 Å². The molecule has 1 heterocycles. The summed E-state index contributed by atoms with van der Waals surface area (Å²) in [5.74, 6) is 0.842. The molecule has 0 radical (unpaired) electrons. The Labute approximate surface area is 146 Å². The molecule has 3 aromatic rings. The Morgan fingerprint density at radius 3 is 2.56 bits per heavy atom. The lowest BCUT2D eigenvalue weighted by atomic mass is 9.99. The van der Waals surface area contributed by atoms with Crippen molar-refractivity contribution < 1.29 is 4.74 Å². The second-order valence-electron chi connectivity index (χ2n) is 5.58. The van der Waals surface area contributed by atoms with Crippen LogP contribution in [0.15, 0.2) is 55.1 Å². The van der Waals surface area contributed by atoms with E-state index in [9.17, 15) is 5.26 Å². The maximum Gasteiger partial charge on any atom is 0.139 e. The van der Waals surface area contributed by atoms with E-state index in [1.807, 2.05) is 36.4 Å². The van der Waals surface area contributed by atoms with Gasteiger partial charge in [-0.15, -0.1) is 10.2 Å². The van der Waals surface area contributed by atoms with Gasteiger partial charge in [0.1, 0.15) is 18.4 Å². The molecule has 0 amide bonds. The molecular formula is C19H19N5O. The van der Waals surface area contributed by atoms with Crippen molar-refractivity contribution in [3.05, 3.63) is 60.7 Å². The summed E-state index contributed by atoms with van der Waals surface area (Å²) in [6.45, 7) is 2.86. The molecule has 2 aromatic carbocycles. The second-order valence-corrected chi connectivity index (χ2v) is 5.58. The smallest absolute Gasteiger partial charge is 0.139 e. The van der Waals surface area contributed by atoms with E-state index >= 15 is 0 Å². The standard InChI is InChI=1S/C19H19N5O/c1-2-3-10-25-18-8-5-15(6-9-18)19-11-17(7-4-16(19)12-20)23-24-13-21-22-14-24/h4-9,11,13-14,23H,2-3,10H2,1H3. The number of ether oxygens (including phenoxy) is 1. The van der Waals surface area contributed by atoms with Crippen LogP contribution in [0, 0.1) is 11.3 Å². The van der Waals surface area contributed by atoms with Crippen molar-refractivity contribution in [3.63, 3.8) is 0 Å². The predicted molar refractivity (Wildman–Crippen MR) is 96.0 cm³/mol. The Balaban J connectivity index is 1.83. The quantitative estimate of drug-likeness (QED) is 0.664. The van der Waals surface area contributed by atoms with Crippen molar-refractivity contribution in [1.82, 2.24) is 14.9 Å². The van der Waals surface area contributed by atoms with E-state index in [1.165, 1.54) is 0 Å². The highest BCUT2D eigenvalue weighted by atomic mass is 16.5. The van der Waals surface area contributed by atoms with E-state index in [0.717, 1.165) is 42.0 Å². The average Bonchev–Trinajstić information content (AvgIpc) is 3.15. The van der Waals surface area contributed by atoms with Gasteiger partial charge in [0.05, 0.1) is 23.9 Å². The lowest BCUT2D eigenvalue weighted by Gasteiger charge is -2.11. The van der Waals surface area contributed by atoms with Gasteiger partial charge < -0.3 is 4.74 Å². The van der Waals surface area contributed by atoms with Gasteiger partial charge in [0.25, 0.3) is 0 Å². The molecule has 0 unspecified atom stereocenters. The number of anilines is 1. The van der Waals surface area contributed by atoms with Crippen LogP contribution in [0.3, 0.4) is 0 Å². The summed E-state index contributed by atoms with van der Waals surface area (Å²) in [6.07, 6.45) is 5.29. The summed E-state index contributed by atoms with van der Waals surface area (Å²) in [6, 6.07) is 15.7. The van der Waals surface area contributed by atoms with Crippen LogP contribution in [0.2, 0.25) is 0 Å². The fourth-order valence-corrected chi connectivity index (χ4v) is 2.42. The van der Waals surface area contributed by atoms with Gasteiger partial charge in [-0.3, -0.25) is 5.43 Å². The third-order valence-electron chi connectivity index (χ3n) is 3.75. The van der Waals surface area contributed by atoms with E-state index in [1.54, 1.807) is 23.4 Å². The first-order valence-electron chi connectivity index (χ1n) is 8.19. The fourth-order valence-electron chi connectivity index (χ4n) is 2.42. The number of nitrogens with zero attached hydrogens (tertiary/aromatic N) is 4. The van der Waals surface area contributed by atoms with Crippen molar-refractivity contribution in [2.45, 2.75) is 19.8 Å². The molecule has 0 bridgehead atoms. The Kier molecular flexibility index (Phi) is 5.27. The minimum absolute atomic E-state index is 0.619. The molecule has 0 saturated carbocycles. The van der Waals surface area contributed by atoms with Gasteiger partial charge in [0, 0.05) is 5.56 Å². The van der Waals surface area contributed by atoms with Crippen LogP contribution in [0.25, 0.3) is 11.1 Å². The molecule has 6 nitrogen and oxygen atoms in total. The topological polar surface area (TPSA) is 75.8 Å². The highest BCUT2D eigenvalue weighted by molar-refractivity contribution is 5.74. The Morgan fingerprint density at radius 1 is 1.12 bits per heavy atom. The first-order valence-corrected chi connectivity index (χ1v) is 8.19. The summed E-state index contributed by atoms with van der Waals surface area (Å²) >= 11 is 0. The molecule has 0 aliphatic heterocycles. The number of unbranched alkanes of at least 4 members (excludes halogenated alkanes) is 1. The number of nitrogens with one attached hydrogen (secondary N) is 1. The first kappa shape index (κ1) is 16.5. The largest absolute Gasteiger partial charge is 0.494 e. The van der Waals surface area contributed by atoms with Gasteiger partial charge in [0.2, 0.25) is 0 Å². The highest BCUT2D eigenvalue weighted by Crippen LogP contribution is 2.28. The Morgan fingerprint density at radius 2 is 1.88 bits per heavy atom. The highest BCUT2D eigenvalue weighted by Gasteiger charge is 2.07. The number of hydrogen-bond acceptors (Lipinski definition) is 5. The lowest BCUT2D eigenvalue weighted by molar-refractivity contribution is 0.309. The van der Waals surface area contributed by atoms with Crippen LogP contribution >= 0.6 is 0 Å². The van der Waals surface area contributed by atoms with Gasteiger partial charge >= 0.3 is 0 Å². The fraction of sp³-hybridized carbons (Fsp3) is 0.211. The molecular weight excluding hydrogens is 314 g/mol. The lowest BCUT2D eigenvalue weighted by Crippen LogP contribution is -2.06. The Bertz CT molecular complexity index is 851. The summed E-state index contributed by atoms with van der Waals surface area (Å²) in [7, 11) is 0. The summed E-state index contributed by atoms with van der Waals surface area (Å²) < 4.78 is 7.34. The van der Waals surface area contributed by atoms with E-state index in [4.69, 9.17) is 4.74 Å². The van der Waals surface area contributed by atoms with Crippen molar-refractivity contribution in [3.8, 4) is 22.9 Å². The van der Waals surface area contributed by atoms with Crippen LogP contribution in [-0.4, -0.2) is 21.5 Å². The average molecular weight is 333 g/mol. The number of benzene rings is 2. The zero-order valence-corrected chi connectivity index (χ0v) is 14.0. The third-order valence-corrected chi connectivity index (χ3v) is 3.75. The number of nitriles is 1. The summed E-state index contributed by atoms with van der Waals surface area (Å²) in [5, 5.41) is 16.9. The zero-order chi connectivity index (χ0) is 17.5. The van der Waals surface area contributed by atoms with Crippen LogP contribution in [0.5, 0.6) is 5.75 Å². The van der Waals surface area contributed by atoms with Gasteiger partial charge in [-0.2, -0.15) is 5.26 Å². The normalized spacial score (nSPS) is 10.2. The molecule has 25 heavy (non-hydrogen) atoms. The second kappa shape index (κ2) is 7.97. The molecule has 1 N–H and O–H groups in total. The van der Waals surface area contributed by atoms with Crippen molar-refractivity contribution in [1.29, 1.82) is 5.26 Å². The molecule has 0 aliphatic carbocycles. The molecule has 1 aromatic heterocycles. The minimum Gasteiger partial charge on any atom is -0.494 e. The van der Waals surface area contributed by atoms with Crippen molar-refractivity contribution >= 4 is 5.69 Å². The van der Waals surface area contributed by atoms with Crippen LogP contribution in [-0.2, 0) is 0 Å². The molecule has 126 valence electrons. The maximum atomic E-state index is 9.40. The molecule has 3 rings (SSSR count). The molecule has 0 fully saturated rings. The number of hydrogen-bond donors (Lipinski definition) is 1. The van der Waals surface area contributed by atoms with E-state index < -0.39 is 0 Å². The monoisotopic (exact) mass is 333 g/mol. The van der Waals surface area contributed by atoms with Gasteiger partial charge in [0.15, 0.2) is 0 Å². The van der Waals surface area contributed by atoms with Crippen LogP contribution < -0.4 is 10.2 Å². The van der Waals surface area contributed by atoms with Gasteiger partial charge in [-0.1, -0.05) is 25.5 Å². The SMILES string of the molecule is CCCCOc1ccc(-c2cc(Nn3cnnc3)ccc2C#N)cc1. The molecule has 6 heteroatoms. The minimum atomic E-state index is 0.619. The van der Waals surface area contributed by atoms with E-state index in [0.29, 0.717) is 5.56 Å². The summed E-state index contributed by atoms with van der Waals surface area (Å²) in [4.78, 5) is 0. The Hall–Kier alpha value is -3.33. The van der Waals surface area contributed by atoms with Crippen molar-refractivity contribution in [2.24, 2.45) is 0 Å². The van der Waals surface area contributed by atoms with E-state index in [2.05, 4.69) is 28.6 Å².